The van der Waals surface area contributed by atoms with Crippen LogP contribution in [0.15, 0.2) is 42.5 Å². The number of rotatable bonds is 5. The van der Waals surface area contributed by atoms with Crippen LogP contribution < -0.4 is 14.8 Å². The van der Waals surface area contributed by atoms with Gasteiger partial charge in [0.2, 0.25) is 5.91 Å². The summed E-state index contributed by atoms with van der Waals surface area (Å²) >= 11 is 0. The van der Waals surface area contributed by atoms with Crippen LogP contribution in [0.2, 0.25) is 0 Å². The van der Waals surface area contributed by atoms with Crippen LogP contribution in [0.25, 0.3) is 0 Å². The molecule has 0 aliphatic heterocycles. The number of nitrogens with one attached hydrogen (secondary N) is 1. The first-order valence-electron chi connectivity index (χ1n) is 8.74. The lowest BCUT2D eigenvalue weighted by Gasteiger charge is -2.28. The van der Waals surface area contributed by atoms with Crippen molar-refractivity contribution < 1.29 is 14.3 Å². The molecule has 0 radical (unpaired) electrons. The van der Waals surface area contributed by atoms with E-state index in [2.05, 4.69) is 32.2 Å². The summed E-state index contributed by atoms with van der Waals surface area (Å²) in [6.45, 7) is 10.2. The SMILES string of the molecule is COc1ccc(C(C)(C)C(=O)Nc2ccccc2C(C)(C)C)cc1OC. The topological polar surface area (TPSA) is 47.6 Å². The predicted molar refractivity (Wildman–Crippen MR) is 106 cm³/mol. The minimum absolute atomic E-state index is 0.0582. The number of anilines is 1. The van der Waals surface area contributed by atoms with Crippen molar-refractivity contribution in [2.24, 2.45) is 0 Å². The van der Waals surface area contributed by atoms with Crippen LogP contribution in [0, 0.1) is 0 Å². The van der Waals surface area contributed by atoms with Gasteiger partial charge in [-0.25, -0.2) is 0 Å². The van der Waals surface area contributed by atoms with Crippen molar-refractivity contribution in [3.05, 3.63) is 53.6 Å². The Morgan fingerprint density at radius 3 is 2.08 bits per heavy atom. The molecule has 0 bridgehead atoms. The van der Waals surface area contributed by atoms with Crippen molar-refractivity contribution in [2.45, 2.75) is 45.4 Å². The Morgan fingerprint density at radius 2 is 1.50 bits per heavy atom. The number of ether oxygens (including phenoxy) is 2. The minimum Gasteiger partial charge on any atom is -0.493 e. The number of hydrogen-bond acceptors (Lipinski definition) is 3. The van der Waals surface area contributed by atoms with Crippen molar-refractivity contribution >= 4 is 11.6 Å². The quantitative estimate of drug-likeness (QED) is 0.828. The minimum atomic E-state index is -0.732. The molecule has 0 unspecified atom stereocenters. The summed E-state index contributed by atoms with van der Waals surface area (Å²) in [4.78, 5) is 13.1. The van der Waals surface area contributed by atoms with Gasteiger partial charge in [-0.1, -0.05) is 45.0 Å². The Kier molecular flexibility index (Phi) is 5.65. The lowest BCUT2D eigenvalue weighted by Crippen LogP contribution is -2.35. The number of amides is 1. The summed E-state index contributed by atoms with van der Waals surface area (Å²) in [7, 11) is 3.19. The van der Waals surface area contributed by atoms with Gasteiger partial charge in [-0.2, -0.15) is 0 Å². The molecular weight excluding hydrogens is 326 g/mol. The van der Waals surface area contributed by atoms with Crippen molar-refractivity contribution in [3.8, 4) is 11.5 Å². The fourth-order valence-corrected chi connectivity index (χ4v) is 2.88. The first-order valence-corrected chi connectivity index (χ1v) is 8.74. The van der Waals surface area contributed by atoms with Crippen molar-refractivity contribution in [2.75, 3.05) is 19.5 Å². The number of hydrogen-bond donors (Lipinski definition) is 1. The third-order valence-electron chi connectivity index (χ3n) is 4.66. The number of carbonyl (C=O) groups excluding carboxylic acids is 1. The van der Waals surface area contributed by atoms with Gasteiger partial charge in [0.15, 0.2) is 11.5 Å². The molecule has 2 aromatic rings. The summed E-state index contributed by atoms with van der Waals surface area (Å²) in [5, 5.41) is 3.11. The van der Waals surface area contributed by atoms with E-state index in [1.807, 2.05) is 50.2 Å². The molecule has 0 aliphatic carbocycles. The maximum atomic E-state index is 13.1. The second-order valence-electron chi connectivity index (χ2n) is 7.94. The van der Waals surface area contributed by atoms with Gasteiger partial charge >= 0.3 is 0 Å². The van der Waals surface area contributed by atoms with Crippen LogP contribution in [0.4, 0.5) is 5.69 Å². The molecule has 4 heteroatoms. The largest absolute Gasteiger partial charge is 0.493 e. The van der Waals surface area contributed by atoms with E-state index >= 15 is 0 Å². The van der Waals surface area contributed by atoms with Gasteiger partial charge < -0.3 is 14.8 Å². The zero-order chi connectivity index (χ0) is 19.5. The highest BCUT2D eigenvalue weighted by atomic mass is 16.5. The Balaban J connectivity index is 2.35. The molecule has 0 spiro atoms. The standard InChI is InChI=1S/C22H29NO3/c1-21(2,3)16-10-8-9-11-17(16)23-20(24)22(4,5)15-12-13-18(25-6)19(14-15)26-7/h8-14H,1-7H3,(H,23,24). The lowest BCUT2D eigenvalue weighted by molar-refractivity contribution is -0.120. The van der Waals surface area contributed by atoms with Crippen molar-refractivity contribution in [3.63, 3.8) is 0 Å². The Morgan fingerprint density at radius 1 is 0.885 bits per heavy atom. The average Bonchev–Trinajstić information content (AvgIpc) is 2.60. The van der Waals surface area contributed by atoms with E-state index in [1.165, 1.54) is 0 Å². The van der Waals surface area contributed by atoms with E-state index in [9.17, 15) is 4.79 Å². The molecular formula is C22H29NO3. The van der Waals surface area contributed by atoms with Gasteiger partial charge in [0, 0.05) is 5.69 Å². The molecule has 0 saturated carbocycles. The smallest absolute Gasteiger partial charge is 0.234 e. The van der Waals surface area contributed by atoms with Crippen LogP contribution in [0.3, 0.4) is 0 Å². The number of carbonyl (C=O) groups is 1. The van der Waals surface area contributed by atoms with Gasteiger partial charge in [0.1, 0.15) is 0 Å². The number of benzene rings is 2. The predicted octanol–water partition coefficient (Wildman–Crippen LogP) is 4.92. The summed E-state index contributed by atoms with van der Waals surface area (Å²) < 4.78 is 10.7. The maximum Gasteiger partial charge on any atom is 0.234 e. The second kappa shape index (κ2) is 7.40. The van der Waals surface area contributed by atoms with E-state index in [1.54, 1.807) is 14.2 Å². The fraction of sp³-hybridized carbons (Fsp3) is 0.409. The van der Waals surface area contributed by atoms with Crippen molar-refractivity contribution in [1.29, 1.82) is 0 Å². The number of methoxy groups -OCH3 is 2. The molecule has 1 amide bonds. The molecule has 0 atom stereocenters. The van der Waals surface area contributed by atoms with Crippen LogP contribution in [-0.2, 0) is 15.6 Å². The lowest BCUT2D eigenvalue weighted by atomic mass is 9.82. The normalized spacial score (nSPS) is 11.8. The Hall–Kier alpha value is -2.49. The van der Waals surface area contributed by atoms with Gasteiger partial charge in [-0.3, -0.25) is 4.79 Å². The molecule has 2 rings (SSSR count). The van der Waals surface area contributed by atoms with Gasteiger partial charge in [-0.15, -0.1) is 0 Å². The van der Waals surface area contributed by atoms with E-state index in [4.69, 9.17) is 9.47 Å². The highest BCUT2D eigenvalue weighted by molar-refractivity contribution is 5.99. The van der Waals surface area contributed by atoms with Gasteiger partial charge in [0.05, 0.1) is 19.6 Å². The first kappa shape index (κ1) is 19.8. The molecule has 0 heterocycles. The van der Waals surface area contributed by atoms with E-state index in [0.717, 1.165) is 16.8 Å². The van der Waals surface area contributed by atoms with Crippen LogP contribution in [0.1, 0.15) is 45.7 Å². The van der Waals surface area contributed by atoms with E-state index in [-0.39, 0.29) is 11.3 Å². The average molecular weight is 355 g/mol. The zero-order valence-electron chi connectivity index (χ0n) is 16.8. The molecule has 0 aliphatic rings. The molecule has 1 N–H and O–H groups in total. The third-order valence-corrected chi connectivity index (χ3v) is 4.66. The third kappa shape index (κ3) is 4.01. The molecule has 4 nitrogen and oxygen atoms in total. The van der Waals surface area contributed by atoms with Gasteiger partial charge in [-0.05, 0) is 48.6 Å². The highest BCUT2D eigenvalue weighted by Gasteiger charge is 2.32. The molecule has 140 valence electrons. The summed E-state index contributed by atoms with van der Waals surface area (Å²) in [5.74, 6) is 1.19. The zero-order valence-corrected chi connectivity index (χ0v) is 16.8. The van der Waals surface area contributed by atoms with Gasteiger partial charge in [0.25, 0.3) is 0 Å². The van der Waals surface area contributed by atoms with E-state index < -0.39 is 5.41 Å². The molecule has 0 fully saturated rings. The Labute approximate surface area is 156 Å². The molecule has 0 saturated heterocycles. The number of para-hydroxylation sites is 1. The molecule has 0 aromatic heterocycles. The van der Waals surface area contributed by atoms with E-state index in [0.29, 0.717) is 11.5 Å². The summed E-state index contributed by atoms with van der Waals surface area (Å²) in [6, 6.07) is 13.5. The first-order chi connectivity index (χ1) is 12.1. The molecule has 26 heavy (non-hydrogen) atoms. The monoisotopic (exact) mass is 355 g/mol. The van der Waals surface area contributed by atoms with Crippen LogP contribution >= 0.6 is 0 Å². The van der Waals surface area contributed by atoms with Crippen LogP contribution in [0.5, 0.6) is 11.5 Å². The summed E-state index contributed by atoms with van der Waals surface area (Å²) in [5.41, 5.74) is 2.03. The molecule has 2 aromatic carbocycles. The van der Waals surface area contributed by atoms with Crippen molar-refractivity contribution in [1.82, 2.24) is 0 Å². The summed E-state index contributed by atoms with van der Waals surface area (Å²) in [6.07, 6.45) is 0. The maximum absolute atomic E-state index is 13.1. The van der Waals surface area contributed by atoms with Crippen LogP contribution in [-0.4, -0.2) is 20.1 Å². The second-order valence-corrected chi connectivity index (χ2v) is 7.94. The highest BCUT2D eigenvalue weighted by Crippen LogP contribution is 2.35. The fourth-order valence-electron chi connectivity index (χ4n) is 2.88. The Bertz CT molecular complexity index is 788.